The summed E-state index contributed by atoms with van der Waals surface area (Å²) < 4.78 is 5.26. The van der Waals surface area contributed by atoms with Gasteiger partial charge in [-0.15, -0.1) is 0 Å². The van der Waals surface area contributed by atoms with Gasteiger partial charge in [-0.2, -0.15) is 0 Å². The molecule has 28 heavy (non-hydrogen) atoms. The van der Waals surface area contributed by atoms with Crippen molar-refractivity contribution in [2.45, 2.75) is 25.7 Å². The number of carboxylic acid groups (broad SMARTS) is 1. The molecule has 0 saturated carbocycles. The number of hydrogen-bond acceptors (Lipinski definition) is 4. The van der Waals surface area contributed by atoms with Gasteiger partial charge in [0.15, 0.2) is 0 Å². The van der Waals surface area contributed by atoms with E-state index in [0.717, 1.165) is 6.42 Å². The molecule has 1 aromatic carbocycles. The molecule has 3 rings (SSSR count). The number of benzene rings is 1. The van der Waals surface area contributed by atoms with Crippen molar-refractivity contribution >= 4 is 23.6 Å². The van der Waals surface area contributed by atoms with E-state index in [4.69, 9.17) is 4.74 Å². The summed E-state index contributed by atoms with van der Waals surface area (Å²) in [5, 5.41) is 15.3. The minimum absolute atomic E-state index is 0.0945. The Labute approximate surface area is 164 Å². The molecule has 0 spiro atoms. The second-order valence-electron chi connectivity index (χ2n) is 7.50. The quantitative estimate of drug-likeness (QED) is 0.713. The first kappa shape index (κ1) is 20.1. The van der Waals surface area contributed by atoms with Gasteiger partial charge in [-0.05, 0) is 37.8 Å². The van der Waals surface area contributed by atoms with Crippen molar-refractivity contribution in [1.29, 1.82) is 0 Å². The Balaban J connectivity index is 1.53. The average molecular weight is 389 g/mol. The van der Waals surface area contributed by atoms with Crippen molar-refractivity contribution in [2.75, 3.05) is 38.2 Å². The maximum atomic E-state index is 12.6. The van der Waals surface area contributed by atoms with E-state index in [1.54, 1.807) is 4.90 Å². The summed E-state index contributed by atoms with van der Waals surface area (Å²) in [6, 6.07) is 8.96. The fraction of sp³-hybridized carbons (Fsp3) is 0.550. The number of urea groups is 1. The zero-order valence-electron chi connectivity index (χ0n) is 15.9. The van der Waals surface area contributed by atoms with Crippen molar-refractivity contribution in [3.63, 3.8) is 0 Å². The molecule has 2 aliphatic rings. The van der Waals surface area contributed by atoms with Crippen LogP contribution in [-0.2, 0) is 14.3 Å². The lowest BCUT2D eigenvalue weighted by atomic mass is 9.80. The largest absolute Gasteiger partial charge is 0.481 e. The van der Waals surface area contributed by atoms with Gasteiger partial charge in [-0.3, -0.25) is 9.59 Å². The van der Waals surface area contributed by atoms with E-state index in [-0.39, 0.29) is 24.4 Å². The first-order chi connectivity index (χ1) is 13.5. The number of nitrogens with one attached hydrogen (secondary N) is 2. The molecule has 2 fully saturated rings. The van der Waals surface area contributed by atoms with Crippen LogP contribution in [0.15, 0.2) is 30.3 Å². The molecule has 2 saturated heterocycles. The lowest BCUT2D eigenvalue weighted by molar-refractivity contribution is -0.154. The SMILES string of the molecule is O=C(NCC1(C(=O)O)CCOCC1)C1CCCN(C(=O)Nc2ccccc2)C1. The number of likely N-dealkylation sites (tertiary alicyclic amines) is 1. The summed E-state index contributed by atoms with van der Waals surface area (Å²) in [5.74, 6) is -1.42. The van der Waals surface area contributed by atoms with Crippen LogP contribution in [0.3, 0.4) is 0 Å². The summed E-state index contributed by atoms with van der Waals surface area (Å²) in [4.78, 5) is 38.5. The van der Waals surface area contributed by atoms with Crippen LogP contribution in [0.4, 0.5) is 10.5 Å². The summed E-state index contributed by atoms with van der Waals surface area (Å²) in [6.45, 7) is 1.79. The Kier molecular flexibility index (Phi) is 6.51. The van der Waals surface area contributed by atoms with Crippen LogP contribution in [-0.4, -0.2) is 60.8 Å². The summed E-state index contributed by atoms with van der Waals surface area (Å²) >= 11 is 0. The zero-order valence-corrected chi connectivity index (χ0v) is 15.9. The van der Waals surface area contributed by atoms with Crippen LogP contribution in [0.2, 0.25) is 0 Å². The first-order valence-corrected chi connectivity index (χ1v) is 9.70. The molecule has 8 nitrogen and oxygen atoms in total. The first-order valence-electron chi connectivity index (χ1n) is 9.70. The minimum Gasteiger partial charge on any atom is -0.481 e. The third kappa shape index (κ3) is 4.81. The molecule has 3 N–H and O–H groups in total. The number of piperidine rings is 1. The van der Waals surface area contributed by atoms with Crippen LogP contribution in [0, 0.1) is 11.3 Å². The molecule has 0 bridgehead atoms. The predicted molar refractivity (Wildman–Crippen MR) is 103 cm³/mol. The summed E-state index contributed by atoms with van der Waals surface area (Å²) in [6.07, 6.45) is 2.19. The number of carboxylic acids is 1. The lowest BCUT2D eigenvalue weighted by Gasteiger charge is -2.35. The van der Waals surface area contributed by atoms with Gasteiger partial charge in [0, 0.05) is 38.5 Å². The molecule has 0 aliphatic carbocycles. The van der Waals surface area contributed by atoms with Crippen LogP contribution >= 0.6 is 0 Å². The van der Waals surface area contributed by atoms with Gasteiger partial charge in [-0.25, -0.2) is 4.79 Å². The second kappa shape index (κ2) is 9.05. The number of anilines is 1. The molecule has 0 radical (unpaired) electrons. The van der Waals surface area contributed by atoms with Crippen LogP contribution in [0.5, 0.6) is 0 Å². The fourth-order valence-electron chi connectivity index (χ4n) is 3.73. The average Bonchev–Trinajstić information content (AvgIpc) is 2.73. The molecule has 0 aromatic heterocycles. The summed E-state index contributed by atoms with van der Waals surface area (Å²) in [7, 11) is 0. The van der Waals surface area contributed by atoms with Crippen LogP contribution in [0.1, 0.15) is 25.7 Å². The molecular weight excluding hydrogens is 362 g/mol. The van der Waals surface area contributed by atoms with Crippen LogP contribution in [0.25, 0.3) is 0 Å². The van der Waals surface area contributed by atoms with Gasteiger partial charge < -0.3 is 25.4 Å². The number of nitrogens with zero attached hydrogens (tertiary/aromatic N) is 1. The number of aliphatic carboxylic acids is 1. The summed E-state index contributed by atoms with van der Waals surface area (Å²) in [5.41, 5.74) is -0.255. The van der Waals surface area contributed by atoms with Gasteiger partial charge in [0.2, 0.25) is 5.91 Å². The Morgan fingerprint density at radius 3 is 2.57 bits per heavy atom. The van der Waals surface area contributed by atoms with Gasteiger partial charge in [0.1, 0.15) is 0 Å². The van der Waals surface area contributed by atoms with E-state index < -0.39 is 11.4 Å². The number of hydrogen-bond donors (Lipinski definition) is 3. The van der Waals surface area contributed by atoms with Crippen molar-refractivity contribution in [1.82, 2.24) is 10.2 Å². The van der Waals surface area contributed by atoms with E-state index in [1.165, 1.54) is 0 Å². The topological polar surface area (TPSA) is 108 Å². The number of carbonyl (C=O) groups excluding carboxylic acids is 2. The molecule has 3 amide bonds. The molecule has 152 valence electrons. The normalized spacial score (nSPS) is 21.6. The molecule has 1 aromatic rings. The van der Waals surface area contributed by atoms with Crippen molar-refractivity contribution < 1.29 is 24.2 Å². The Morgan fingerprint density at radius 2 is 1.89 bits per heavy atom. The number of amides is 3. The lowest BCUT2D eigenvalue weighted by Crippen LogP contribution is -2.50. The number of ether oxygens (including phenoxy) is 1. The molecule has 2 heterocycles. The molecule has 8 heteroatoms. The third-order valence-corrected chi connectivity index (χ3v) is 5.61. The molecular formula is C20H27N3O5. The Morgan fingerprint density at radius 1 is 1.18 bits per heavy atom. The van der Waals surface area contributed by atoms with Crippen molar-refractivity contribution in [3.8, 4) is 0 Å². The maximum Gasteiger partial charge on any atom is 0.321 e. The highest BCUT2D eigenvalue weighted by Crippen LogP contribution is 2.30. The fourth-order valence-corrected chi connectivity index (χ4v) is 3.73. The van der Waals surface area contributed by atoms with E-state index in [2.05, 4.69) is 10.6 Å². The highest BCUT2D eigenvalue weighted by atomic mass is 16.5. The Hall–Kier alpha value is -2.61. The van der Waals surface area contributed by atoms with Crippen molar-refractivity contribution in [3.05, 3.63) is 30.3 Å². The highest BCUT2D eigenvalue weighted by Gasteiger charge is 2.41. The third-order valence-electron chi connectivity index (χ3n) is 5.61. The number of carbonyl (C=O) groups is 3. The van der Waals surface area contributed by atoms with E-state index in [9.17, 15) is 19.5 Å². The molecule has 2 aliphatic heterocycles. The van der Waals surface area contributed by atoms with E-state index >= 15 is 0 Å². The maximum absolute atomic E-state index is 12.6. The predicted octanol–water partition coefficient (Wildman–Crippen LogP) is 1.93. The van der Waals surface area contributed by atoms with Gasteiger partial charge in [-0.1, -0.05) is 18.2 Å². The zero-order chi connectivity index (χ0) is 20.0. The highest BCUT2D eigenvalue weighted by molar-refractivity contribution is 5.90. The van der Waals surface area contributed by atoms with Crippen molar-refractivity contribution in [2.24, 2.45) is 11.3 Å². The molecule has 1 unspecified atom stereocenters. The van der Waals surface area contributed by atoms with E-state index in [0.29, 0.717) is 51.3 Å². The van der Waals surface area contributed by atoms with Gasteiger partial charge >= 0.3 is 12.0 Å². The smallest absolute Gasteiger partial charge is 0.321 e. The monoisotopic (exact) mass is 389 g/mol. The van der Waals surface area contributed by atoms with Gasteiger partial charge in [0.05, 0.1) is 11.3 Å². The minimum atomic E-state index is -0.965. The second-order valence-corrected chi connectivity index (χ2v) is 7.50. The number of para-hydroxylation sites is 1. The van der Waals surface area contributed by atoms with Crippen LogP contribution < -0.4 is 10.6 Å². The number of rotatable bonds is 5. The van der Waals surface area contributed by atoms with E-state index in [1.807, 2.05) is 30.3 Å². The molecule has 1 atom stereocenters. The standard InChI is InChI=1S/C20H27N3O5/c24-17(21-14-20(18(25)26)8-11-28-12-9-20)15-5-4-10-23(13-15)19(27)22-16-6-2-1-3-7-16/h1-3,6-7,15H,4-5,8-14H2,(H,21,24)(H,22,27)(H,25,26). The Bertz CT molecular complexity index is 703. The van der Waals surface area contributed by atoms with Gasteiger partial charge in [0.25, 0.3) is 0 Å².